The molecule has 0 aliphatic carbocycles. The summed E-state index contributed by atoms with van der Waals surface area (Å²) >= 11 is 0. The highest BCUT2D eigenvalue weighted by Crippen LogP contribution is 2.24. The van der Waals surface area contributed by atoms with Crippen molar-refractivity contribution in [3.05, 3.63) is 42.0 Å². The van der Waals surface area contributed by atoms with Crippen molar-refractivity contribution in [2.75, 3.05) is 4.72 Å². The molecule has 0 saturated carbocycles. The van der Waals surface area contributed by atoms with Crippen molar-refractivity contribution in [1.82, 2.24) is 19.4 Å². The lowest BCUT2D eigenvalue weighted by Gasteiger charge is -2.07. The number of pyridine rings is 1. The monoisotopic (exact) mass is 319 g/mol. The molecule has 0 aliphatic heterocycles. The van der Waals surface area contributed by atoms with E-state index in [1.165, 1.54) is 6.20 Å². The van der Waals surface area contributed by atoms with Gasteiger partial charge in [-0.2, -0.15) is 10.2 Å². The van der Waals surface area contributed by atoms with E-state index in [1.807, 2.05) is 19.1 Å². The third kappa shape index (κ3) is 2.25. The molecule has 22 heavy (non-hydrogen) atoms. The number of aryl methyl sites for hydroxylation is 2. The van der Waals surface area contributed by atoms with E-state index in [0.29, 0.717) is 29.1 Å². The number of nitrogens with one attached hydrogen (secondary N) is 1. The highest BCUT2D eigenvalue weighted by molar-refractivity contribution is 7.92. The first kappa shape index (κ1) is 14.6. The lowest BCUT2D eigenvalue weighted by atomic mass is 10.4. The lowest BCUT2D eigenvalue weighted by Crippen LogP contribution is -2.15. The minimum Gasteiger partial charge on any atom is -0.276 e. The summed E-state index contributed by atoms with van der Waals surface area (Å²) in [4.78, 5) is 0.227. The van der Waals surface area contributed by atoms with Gasteiger partial charge < -0.3 is 0 Å². The molecule has 0 bridgehead atoms. The van der Waals surface area contributed by atoms with Gasteiger partial charge in [0.15, 0.2) is 0 Å². The van der Waals surface area contributed by atoms with Gasteiger partial charge in [0.05, 0.1) is 28.8 Å². The molecule has 1 N–H and O–H groups in total. The van der Waals surface area contributed by atoms with E-state index in [9.17, 15) is 8.42 Å². The van der Waals surface area contributed by atoms with Gasteiger partial charge >= 0.3 is 0 Å². The summed E-state index contributed by atoms with van der Waals surface area (Å²) in [7, 11) is -3.71. The van der Waals surface area contributed by atoms with Crippen LogP contribution in [0.4, 0.5) is 5.69 Å². The van der Waals surface area contributed by atoms with Crippen LogP contribution in [0.25, 0.3) is 5.52 Å². The Morgan fingerprint density at radius 3 is 2.73 bits per heavy atom. The van der Waals surface area contributed by atoms with Crippen LogP contribution in [0.3, 0.4) is 0 Å². The molecule has 0 amide bonds. The normalized spacial score (nSPS) is 12.0. The number of anilines is 1. The highest BCUT2D eigenvalue weighted by atomic mass is 32.2. The summed E-state index contributed by atoms with van der Waals surface area (Å²) in [6.07, 6.45) is 3.26. The molecule has 0 radical (unpaired) electrons. The minimum atomic E-state index is -3.71. The fraction of sp³-hybridized carbons (Fsp3) is 0.286. The Balaban J connectivity index is 2.06. The number of rotatable bonds is 4. The van der Waals surface area contributed by atoms with Gasteiger partial charge in [0.2, 0.25) is 0 Å². The van der Waals surface area contributed by atoms with E-state index in [1.54, 1.807) is 35.3 Å². The molecule has 0 saturated heterocycles. The molecule has 3 rings (SSSR count). The molecule has 0 fully saturated rings. The van der Waals surface area contributed by atoms with Crippen LogP contribution in [0.5, 0.6) is 0 Å². The standard InChI is InChI=1S/C14H17N5O2S/c1-4-18-11(3)14(10(2)16-18)22(20,21)17-12-9-15-19-8-6-5-7-13(12)19/h5-9,17H,4H2,1-3H3. The Kier molecular flexibility index (Phi) is 3.40. The molecule has 0 atom stereocenters. The molecule has 3 aromatic heterocycles. The molecule has 8 heteroatoms. The van der Waals surface area contributed by atoms with E-state index in [0.717, 1.165) is 0 Å². The first-order valence-corrected chi connectivity index (χ1v) is 8.41. The molecular formula is C14H17N5O2S. The summed E-state index contributed by atoms with van der Waals surface area (Å²) in [5, 5.41) is 8.39. The van der Waals surface area contributed by atoms with Crippen LogP contribution in [-0.4, -0.2) is 27.8 Å². The Bertz CT molecular complexity index is 939. The van der Waals surface area contributed by atoms with Gasteiger partial charge in [-0.1, -0.05) is 6.07 Å². The fourth-order valence-corrected chi connectivity index (χ4v) is 4.06. The zero-order valence-electron chi connectivity index (χ0n) is 12.6. The second kappa shape index (κ2) is 5.13. The zero-order valence-corrected chi connectivity index (χ0v) is 13.4. The predicted molar refractivity (Wildman–Crippen MR) is 83.4 cm³/mol. The van der Waals surface area contributed by atoms with Crippen molar-refractivity contribution in [1.29, 1.82) is 0 Å². The van der Waals surface area contributed by atoms with Crippen LogP contribution in [0.15, 0.2) is 35.5 Å². The number of hydrogen-bond donors (Lipinski definition) is 1. The van der Waals surface area contributed by atoms with Gasteiger partial charge in [0.25, 0.3) is 10.0 Å². The first-order valence-electron chi connectivity index (χ1n) is 6.93. The van der Waals surface area contributed by atoms with Crippen LogP contribution in [0.1, 0.15) is 18.3 Å². The lowest BCUT2D eigenvalue weighted by molar-refractivity contribution is 0.598. The van der Waals surface area contributed by atoms with Crippen molar-refractivity contribution in [3.8, 4) is 0 Å². The van der Waals surface area contributed by atoms with Crippen LogP contribution in [0, 0.1) is 13.8 Å². The van der Waals surface area contributed by atoms with Crippen LogP contribution < -0.4 is 4.72 Å². The van der Waals surface area contributed by atoms with Crippen LogP contribution >= 0.6 is 0 Å². The molecule has 7 nitrogen and oxygen atoms in total. The first-order chi connectivity index (χ1) is 10.4. The number of fused-ring (bicyclic) bond motifs is 1. The molecule has 0 unspecified atom stereocenters. The molecular weight excluding hydrogens is 302 g/mol. The van der Waals surface area contributed by atoms with Crippen molar-refractivity contribution < 1.29 is 8.42 Å². The number of hydrogen-bond acceptors (Lipinski definition) is 4. The Hall–Kier alpha value is -2.35. The summed E-state index contributed by atoms with van der Waals surface area (Å²) in [5.74, 6) is 0. The molecule has 116 valence electrons. The maximum atomic E-state index is 12.7. The SMILES string of the molecule is CCn1nc(C)c(S(=O)(=O)Nc2cnn3ccccc23)c1C. The van der Waals surface area contributed by atoms with Crippen molar-refractivity contribution >= 4 is 21.2 Å². The summed E-state index contributed by atoms with van der Waals surface area (Å²) in [5.41, 5.74) is 2.26. The predicted octanol–water partition coefficient (Wildman–Crippen LogP) is 1.97. The van der Waals surface area contributed by atoms with E-state index < -0.39 is 10.0 Å². The number of nitrogens with zero attached hydrogens (tertiary/aromatic N) is 4. The topological polar surface area (TPSA) is 81.3 Å². The molecule has 3 heterocycles. The second-order valence-electron chi connectivity index (χ2n) is 5.01. The average Bonchev–Trinajstić information content (AvgIpc) is 3.00. The zero-order chi connectivity index (χ0) is 15.9. The summed E-state index contributed by atoms with van der Waals surface area (Å²) < 4.78 is 31.3. The minimum absolute atomic E-state index is 0.227. The van der Waals surface area contributed by atoms with Crippen molar-refractivity contribution in [2.24, 2.45) is 0 Å². The summed E-state index contributed by atoms with van der Waals surface area (Å²) in [6.45, 7) is 6.01. The van der Waals surface area contributed by atoms with Gasteiger partial charge in [0.1, 0.15) is 4.90 Å². The third-order valence-electron chi connectivity index (χ3n) is 3.55. The molecule has 0 aliphatic rings. The third-order valence-corrected chi connectivity index (χ3v) is 5.17. The Morgan fingerprint density at radius 2 is 2.05 bits per heavy atom. The Labute approximate surface area is 128 Å². The fourth-order valence-electron chi connectivity index (χ4n) is 2.59. The van der Waals surface area contributed by atoms with Gasteiger partial charge in [0, 0.05) is 12.7 Å². The maximum Gasteiger partial charge on any atom is 0.265 e. The van der Waals surface area contributed by atoms with Crippen molar-refractivity contribution in [3.63, 3.8) is 0 Å². The van der Waals surface area contributed by atoms with Crippen LogP contribution in [0.2, 0.25) is 0 Å². The van der Waals surface area contributed by atoms with E-state index in [4.69, 9.17) is 0 Å². The van der Waals surface area contributed by atoms with Gasteiger partial charge in [-0.05, 0) is 32.9 Å². The highest BCUT2D eigenvalue weighted by Gasteiger charge is 2.25. The van der Waals surface area contributed by atoms with Gasteiger partial charge in [-0.15, -0.1) is 0 Å². The smallest absolute Gasteiger partial charge is 0.265 e. The van der Waals surface area contributed by atoms with Crippen LogP contribution in [-0.2, 0) is 16.6 Å². The summed E-state index contributed by atoms with van der Waals surface area (Å²) in [6, 6.07) is 5.47. The van der Waals surface area contributed by atoms with Gasteiger partial charge in [-0.25, -0.2) is 12.9 Å². The molecule has 3 aromatic rings. The Morgan fingerprint density at radius 1 is 1.27 bits per heavy atom. The second-order valence-corrected chi connectivity index (χ2v) is 6.63. The van der Waals surface area contributed by atoms with Gasteiger partial charge in [-0.3, -0.25) is 9.40 Å². The average molecular weight is 319 g/mol. The van der Waals surface area contributed by atoms with E-state index in [2.05, 4.69) is 14.9 Å². The quantitative estimate of drug-likeness (QED) is 0.797. The largest absolute Gasteiger partial charge is 0.276 e. The molecule has 0 spiro atoms. The van der Waals surface area contributed by atoms with E-state index >= 15 is 0 Å². The maximum absolute atomic E-state index is 12.7. The number of sulfonamides is 1. The molecule has 0 aromatic carbocycles. The number of aromatic nitrogens is 4. The van der Waals surface area contributed by atoms with E-state index in [-0.39, 0.29) is 4.90 Å². The van der Waals surface area contributed by atoms with Crippen molar-refractivity contribution in [2.45, 2.75) is 32.2 Å².